The molecule has 0 amide bonds. The van der Waals surface area contributed by atoms with Crippen LogP contribution in [0.25, 0.3) is 0 Å². The predicted molar refractivity (Wildman–Crippen MR) is 52.7 cm³/mol. The maximum atomic E-state index is 12.4. The zero-order chi connectivity index (χ0) is 11.9. The van der Waals surface area contributed by atoms with Crippen molar-refractivity contribution in [3.8, 4) is 0 Å². The lowest BCUT2D eigenvalue weighted by molar-refractivity contribution is -0.138. The number of rotatable bonds is 0. The molecule has 0 fully saturated rings. The molecule has 1 aromatic rings. The summed E-state index contributed by atoms with van der Waals surface area (Å²) in [7, 11) is 0. The van der Waals surface area contributed by atoms with Crippen molar-refractivity contribution in [2.24, 2.45) is 0 Å². The minimum atomic E-state index is -4.31. The molecule has 0 aliphatic heterocycles. The fourth-order valence-corrected chi connectivity index (χ4v) is 1.26. The third-order valence-electron chi connectivity index (χ3n) is 2.18. The van der Waals surface area contributed by atoms with Crippen LogP contribution in [0.3, 0.4) is 0 Å². The maximum Gasteiger partial charge on any atom is 0.418 e. The van der Waals surface area contributed by atoms with Crippen LogP contribution in [0.15, 0.2) is 12.3 Å². The SMILES string of the molecule is Cc1cc(C(C)(C)C)ncc1C(F)(F)F. The van der Waals surface area contributed by atoms with Crippen LogP contribution < -0.4 is 0 Å². The zero-order valence-electron chi connectivity index (χ0n) is 9.24. The van der Waals surface area contributed by atoms with E-state index >= 15 is 0 Å². The Labute approximate surface area is 87.3 Å². The van der Waals surface area contributed by atoms with Crippen LogP contribution in [0.1, 0.15) is 37.6 Å². The van der Waals surface area contributed by atoms with Crippen molar-refractivity contribution in [1.29, 1.82) is 0 Å². The lowest BCUT2D eigenvalue weighted by atomic mass is 9.90. The molecular weight excluding hydrogens is 203 g/mol. The second-order valence-corrected chi connectivity index (χ2v) is 4.63. The first kappa shape index (κ1) is 12.0. The van der Waals surface area contributed by atoms with Crippen molar-refractivity contribution in [3.05, 3.63) is 29.1 Å². The van der Waals surface area contributed by atoms with E-state index < -0.39 is 11.7 Å². The van der Waals surface area contributed by atoms with Gasteiger partial charge in [-0.3, -0.25) is 4.98 Å². The van der Waals surface area contributed by atoms with Crippen molar-refractivity contribution < 1.29 is 13.2 Å². The van der Waals surface area contributed by atoms with E-state index in [4.69, 9.17) is 0 Å². The van der Waals surface area contributed by atoms with Gasteiger partial charge in [-0.2, -0.15) is 13.2 Å². The molecule has 0 spiro atoms. The van der Waals surface area contributed by atoms with Gasteiger partial charge < -0.3 is 0 Å². The van der Waals surface area contributed by atoms with E-state index in [1.165, 1.54) is 13.0 Å². The van der Waals surface area contributed by atoms with E-state index in [2.05, 4.69) is 4.98 Å². The molecule has 1 nitrogen and oxygen atoms in total. The Bertz CT molecular complexity index is 361. The third kappa shape index (κ3) is 2.70. The van der Waals surface area contributed by atoms with Gasteiger partial charge in [0.1, 0.15) is 0 Å². The summed E-state index contributed by atoms with van der Waals surface area (Å²) >= 11 is 0. The van der Waals surface area contributed by atoms with E-state index in [1.54, 1.807) is 0 Å². The summed E-state index contributed by atoms with van der Waals surface area (Å²) in [5, 5.41) is 0. The lowest BCUT2D eigenvalue weighted by Gasteiger charge is -2.19. The first-order valence-electron chi connectivity index (χ1n) is 4.66. The monoisotopic (exact) mass is 217 g/mol. The van der Waals surface area contributed by atoms with Gasteiger partial charge in [0.05, 0.1) is 5.56 Å². The smallest absolute Gasteiger partial charge is 0.260 e. The Kier molecular flexibility index (Phi) is 2.81. The van der Waals surface area contributed by atoms with Crippen LogP contribution in [-0.4, -0.2) is 4.98 Å². The lowest BCUT2D eigenvalue weighted by Crippen LogP contribution is -2.16. The number of hydrogen-bond donors (Lipinski definition) is 0. The Morgan fingerprint density at radius 2 is 1.67 bits per heavy atom. The van der Waals surface area contributed by atoms with Crippen LogP contribution in [0.2, 0.25) is 0 Å². The average Bonchev–Trinajstić information content (AvgIpc) is 1.99. The molecule has 1 rings (SSSR count). The van der Waals surface area contributed by atoms with Gasteiger partial charge in [-0.1, -0.05) is 20.8 Å². The van der Waals surface area contributed by atoms with Gasteiger partial charge in [-0.15, -0.1) is 0 Å². The van der Waals surface area contributed by atoms with Crippen molar-refractivity contribution >= 4 is 0 Å². The van der Waals surface area contributed by atoms with Crippen LogP contribution in [0.4, 0.5) is 13.2 Å². The molecule has 0 aliphatic carbocycles. The van der Waals surface area contributed by atoms with Crippen molar-refractivity contribution in [3.63, 3.8) is 0 Å². The average molecular weight is 217 g/mol. The molecule has 0 atom stereocenters. The van der Waals surface area contributed by atoms with Gasteiger partial charge in [0.2, 0.25) is 0 Å². The summed E-state index contributed by atoms with van der Waals surface area (Å²) in [6, 6.07) is 1.50. The van der Waals surface area contributed by atoms with Gasteiger partial charge in [0.15, 0.2) is 0 Å². The number of nitrogens with zero attached hydrogens (tertiary/aromatic N) is 1. The van der Waals surface area contributed by atoms with Gasteiger partial charge >= 0.3 is 6.18 Å². The quantitative estimate of drug-likeness (QED) is 0.645. The standard InChI is InChI=1S/C11H14F3N/c1-7-5-9(10(2,3)4)15-6-8(7)11(12,13)14/h5-6H,1-4H3. The first-order chi connectivity index (χ1) is 6.62. The van der Waals surface area contributed by atoms with Crippen molar-refractivity contribution in [1.82, 2.24) is 4.98 Å². The van der Waals surface area contributed by atoms with Crippen LogP contribution >= 0.6 is 0 Å². The molecule has 15 heavy (non-hydrogen) atoms. The highest BCUT2D eigenvalue weighted by molar-refractivity contribution is 5.30. The molecule has 1 aromatic heterocycles. The minimum Gasteiger partial charge on any atom is -0.260 e. The van der Waals surface area contributed by atoms with Crippen LogP contribution in [0.5, 0.6) is 0 Å². The number of halogens is 3. The summed E-state index contributed by atoms with van der Waals surface area (Å²) in [5.74, 6) is 0. The topological polar surface area (TPSA) is 12.9 Å². The predicted octanol–water partition coefficient (Wildman–Crippen LogP) is 3.71. The molecule has 0 aliphatic rings. The molecule has 1 heterocycles. The third-order valence-corrected chi connectivity index (χ3v) is 2.18. The molecule has 0 aromatic carbocycles. The van der Waals surface area contributed by atoms with E-state index in [1.807, 2.05) is 20.8 Å². The highest BCUT2D eigenvalue weighted by Gasteiger charge is 2.33. The Balaban J connectivity index is 3.21. The summed E-state index contributed by atoms with van der Waals surface area (Å²) in [6.07, 6.45) is -3.40. The molecular formula is C11H14F3N. The second-order valence-electron chi connectivity index (χ2n) is 4.63. The fourth-order valence-electron chi connectivity index (χ4n) is 1.26. The van der Waals surface area contributed by atoms with Crippen LogP contribution in [-0.2, 0) is 11.6 Å². The van der Waals surface area contributed by atoms with Gasteiger partial charge in [-0.25, -0.2) is 0 Å². The zero-order valence-corrected chi connectivity index (χ0v) is 9.24. The molecule has 0 N–H and O–H groups in total. The maximum absolute atomic E-state index is 12.4. The Morgan fingerprint density at radius 3 is 2.00 bits per heavy atom. The van der Waals surface area contributed by atoms with Crippen molar-refractivity contribution in [2.45, 2.75) is 39.3 Å². The number of pyridine rings is 1. The number of hydrogen-bond acceptors (Lipinski definition) is 1. The summed E-state index contributed by atoms with van der Waals surface area (Å²) < 4.78 is 37.3. The molecule has 0 bridgehead atoms. The Hall–Kier alpha value is -1.06. The fraction of sp³-hybridized carbons (Fsp3) is 0.545. The highest BCUT2D eigenvalue weighted by atomic mass is 19.4. The van der Waals surface area contributed by atoms with Gasteiger partial charge in [0.25, 0.3) is 0 Å². The van der Waals surface area contributed by atoms with E-state index in [0.29, 0.717) is 5.69 Å². The number of aromatic nitrogens is 1. The number of aryl methyl sites for hydroxylation is 1. The largest absolute Gasteiger partial charge is 0.418 e. The van der Waals surface area contributed by atoms with Gasteiger partial charge in [0, 0.05) is 17.3 Å². The molecule has 0 unspecified atom stereocenters. The number of alkyl halides is 3. The molecule has 84 valence electrons. The first-order valence-corrected chi connectivity index (χ1v) is 4.66. The summed E-state index contributed by atoms with van der Waals surface area (Å²) in [4.78, 5) is 3.86. The summed E-state index contributed by atoms with van der Waals surface area (Å²) in [6.45, 7) is 7.21. The second kappa shape index (κ2) is 3.51. The molecule has 4 heteroatoms. The molecule has 0 saturated carbocycles. The van der Waals surface area contributed by atoms with E-state index in [-0.39, 0.29) is 11.0 Å². The summed E-state index contributed by atoms with van der Waals surface area (Å²) in [5.41, 5.74) is 0.0143. The van der Waals surface area contributed by atoms with Crippen molar-refractivity contribution in [2.75, 3.05) is 0 Å². The normalized spacial score (nSPS) is 13.0. The van der Waals surface area contributed by atoms with Crippen LogP contribution in [0, 0.1) is 6.92 Å². The van der Waals surface area contributed by atoms with Gasteiger partial charge in [-0.05, 0) is 18.6 Å². The van der Waals surface area contributed by atoms with E-state index in [0.717, 1.165) is 6.20 Å². The minimum absolute atomic E-state index is 0.224. The Morgan fingerprint density at radius 1 is 1.13 bits per heavy atom. The highest BCUT2D eigenvalue weighted by Crippen LogP contribution is 2.32. The molecule has 0 radical (unpaired) electrons. The van der Waals surface area contributed by atoms with E-state index in [9.17, 15) is 13.2 Å². The molecule has 0 saturated heterocycles.